The summed E-state index contributed by atoms with van der Waals surface area (Å²) in [6.45, 7) is 1.68. The van der Waals surface area contributed by atoms with E-state index in [4.69, 9.17) is 46.4 Å². The predicted octanol–water partition coefficient (Wildman–Crippen LogP) is 5.27. The lowest BCUT2D eigenvalue weighted by molar-refractivity contribution is 0.0996. The Labute approximate surface area is 116 Å². The number of carbonyl (C=O) groups is 1. The van der Waals surface area contributed by atoms with Gasteiger partial charge in [-0.2, -0.15) is 0 Å². The number of rotatable bonds is 2. The van der Waals surface area contributed by atoms with Crippen molar-refractivity contribution in [3.05, 3.63) is 31.7 Å². The summed E-state index contributed by atoms with van der Waals surface area (Å²) < 4.78 is 0. The second kappa shape index (κ2) is 5.24. The maximum atomic E-state index is 11.7. The van der Waals surface area contributed by atoms with Gasteiger partial charge in [-0.3, -0.25) is 4.79 Å². The van der Waals surface area contributed by atoms with Crippen LogP contribution < -0.4 is 0 Å². The number of halogens is 5. The van der Waals surface area contributed by atoms with Gasteiger partial charge in [0.15, 0.2) is 5.78 Å². The fourth-order valence-corrected chi connectivity index (χ4v) is 2.32. The molecule has 0 bridgehead atoms. The van der Waals surface area contributed by atoms with Crippen molar-refractivity contribution in [2.24, 2.45) is 0 Å². The van der Waals surface area contributed by atoms with Crippen molar-refractivity contribution in [2.75, 3.05) is 0 Å². The minimum Gasteiger partial charge on any atom is -0.293 e. The van der Waals surface area contributed by atoms with Crippen LogP contribution in [-0.4, -0.2) is 10.6 Å². The standard InChI is InChI=1S/C9H5BrCl4O/c1-3(10)9(15)6-4(11)2-5(12)7(13)8(6)14/h2-3H,1H3. The van der Waals surface area contributed by atoms with Crippen molar-refractivity contribution < 1.29 is 4.79 Å². The fourth-order valence-electron chi connectivity index (χ4n) is 0.991. The van der Waals surface area contributed by atoms with Crippen molar-refractivity contribution >= 4 is 68.1 Å². The molecule has 0 radical (unpaired) electrons. The van der Waals surface area contributed by atoms with Crippen LogP contribution in [0.4, 0.5) is 0 Å². The second-order valence-corrected chi connectivity index (χ2v) is 5.77. The SMILES string of the molecule is CC(Br)C(=O)c1c(Cl)cc(Cl)c(Cl)c1Cl. The van der Waals surface area contributed by atoms with E-state index in [2.05, 4.69) is 15.9 Å². The van der Waals surface area contributed by atoms with E-state index in [1.807, 2.05) is 0 Å². The van der Waals surface area contributed by atoms with Crippen LogP contribution in [0, 0.1) is 0 Å². The third-order valence-corrected chi connectivity index (χ3v) is 3.70. The summed E-state index contributed by atoms with van der Waals surface area (Å²) >= 11 is 26.5. The Hall–Kier alpha value is 0.530. The minimum atomic E-state index is -0.384. The number of Topliss-reactive ketones (excluding diaryl/α,β-unsaturated/α-hetero) is 1. The lowest BCUT2D eigenvalue weighted by Crippen LogP contribution is -2.11. The molecule has 82 valence electrons. The highest BCUT2D eigenvalue weighted by Gasteiger charge is 2.22. The number of carbonyl (C=O) groups excluding carboxylic acids is 1. The van der Waals surface area contributed by atoms with Crippen LogP contribution in [0.15, 0.2) is 6.07 Å². The Bertz CT molecular complexity index is 417. The summed E-state index contributed by atoms with van der Waals surface area (Å²) in [6, 6.07) is 1.40. The summed E-state index contributed by atoms with van der Waals surface area (Å²) in [5.41, 5.74) is 0.192. The number of alkyl halides is 1. The zero-order chi connectivity index (χ0) is 11.7. The number of ketones is 1. The van der Waals surface area contributed by atoms with Crippen LogP contribution in [0.25, 0.3) is 0 Å². The molecule has 0 saturated heterocycles. The molecule has 0 amide bonds. The maximum Gasteiger partial charge on any atom is 0.179 e. The number of hydrogen-bond acceptors (Lipinski definition) is 1. The van der Waals surface area contributed by atoms with Crippen LogP contribution >= 0.6 is 62.3 Å². The normalized spacial score (nSPS) is 12.7. The summed E-state index contributed by atoms with van der Waals surface area (Å²) in [4.78, 5) is 11.3. The topological polar surface area (TPSA) is 17.1 Å². The largest absolute Gasteiger partial charge is 0.293 e. The van der Waals surface area contributed by atoms with Crippen LogP contribution in [0.3, 0.4) is 0 Å². The molecule has 0 aliphatic carbocycles. The van der Waals surface area contributed by atoms with Gasteiger partial charge in [-0.25, -0.2) is 0 Å². The first-order valence-electron chi connectivity index (χ1n) is 3.87. The molecule has 1 nitrogen and oxygen atoms in total. The average Bonchev–Trinajstić information content (AvgIpc) is 2.14. The van der Waals surface area contributed by atoms with Gasteiger partial charge in [-0.15, -0.1) is 0 Å². The van der Waals surface area contributed by atoms with Gasteiger partial charge in [0.2, 0.25) is 0 Å². The summed E-state index contributed by atoms with van der Waals surface area (Å²) in [5.74, 6) is -0.233. The molecule has 0 heterocycles. The fraction of sp³-hybridized carbons (Fsp3) is 0.222. The predicted molar refractivity (Wildman–Crippen MR) is 69.2 cm³/mol. The molecule has 0 aliphatic heterocycles. The van der Waals surface area contributed by atoms with Crippen LogP contribution in [0.1, 0.15) is 17.3 Å². The van der Waals surface area contributed by atoms with Gasteiger partial charge in [-0.05, 0) is 13.0 Å². The van der Waals surface area contributed by atoms with Gasteiger partial charge in [0.05, 0.1) is 30.5 Å². The molecule has 1 atom stereocenters. The molecule has 15 heavy (non-hydrogen) atoms. The molecule has 1 unspecified atom stereocenters. The van der Waals surface area contributed by atoms with Crippen LogP contribution in [0.5, 0.6) is 0 Å². The van der Waals surface area contributed by atoms with E-state index >= 15 is 0 Å². The highest BCUT2D eigenvalue weighted by molar-refractivity contribution is 9.10. The zero-order valence-corrected chi connectivity index (χ0v) is 12.1. The molecule has 1 aromatic rings. The molecule has 0 saturated carbocycles. The van der Waals surface area contributed by atoms with Gasteiger partial charge in [0.25, 0.3) is 0 Å². The number of hydrogen-bond donors (Lipinski definition) is 0. The lowest BCUT2D eigenvalue weighted by atomic mass is 10.1. The van der Waals surface area contributed by atoms with E-state index < -0.39 is 0 Å². The Kier molecular flexibility index (Phi) is 4.75. The lowest BCUT2D eigenvalue weighted by Gasteiger charge is -2.10. The van der Waals surface area contributed by atoms with Crippen LogP contribution in [-0.2, 0) is 0 Å². The molecular formula is C9H5BrCl4O. The summed E-state index contributed by atoms with van der Waals surface area (Å²) in [6.07, 6.45) is 0. The van der Waals surface area contributed by atoms with Crippen molar-refractivity contribution in [3.8, 4) is 0 Å². The molecule has 0 aromatic heterocycles. The Morgan fingerprint density at radius 3 is 2.20 bits per heavy atom. The van der Waals surface area contributed by atoms with E-state index in [0.29, 0.717) is 0 Å². The van der Waals surface area contributed by atoms with E-state index in [0.717, 1.165) is 0 Å². The first kappa shape index (κ1) is 13.6. The van der Waals surface area contributed by atoms with Gasteiger partial charge in [0, 0.05) is 0 Å². The third kappa shape index (κ3) is 2.80. The molecule has 0 N–H and O–H groups in total. The molecule has 6 heteroatoms. The average molecular weight is 351 g/mol. The van der Waals surface area contributed by atoms with E-state index in [9.17, 15) is 4.79 Å². The van der Waals surface area contributed by atoms with E-state index in [1.54, 1.807) is 6.92 Å². The van der Waals surface area contributed by atoms with Crippen molar-refractivity contribution in [2.45, 2.75) is 11.8 Å². The van der Waals surface area contributed by atoms with Crippen LogP contribution in [0.2, 0.25) is 20.1 Å². The monoisotopic (exact) mass is 348 g/mol. The number of benzene rings is 1. The van der Waals surface area contributed by atoms with Gasteiger partial charge in [0.1, 0.15) is 0 Å². The molecule has 1 aromatic carbocycles. The molecular weight excluding hydrogens is 346 g/mol. The second-order valence-electron chi connectivity index (χ2n) is 2.82. The Balaban J connectivity index is 3.43. The summed E-state index contributed by atoms with van der Waals surface area (Å²) in [7, 11) is 0. The zero-order valence-electron chi connectivity index (χ0n) is 7.45. The Morgan fingerprint density at radius 2 is 1.73 bits per heavy atom. The first-order valence-corrected chi connectivity index (χ1v) is 6.30. The molecule has 1 rings (SSSR count). The van der Waals surface area contributed by atoms with E-state index in [-0.39, 0.29) is 36.3 Å². The Morgan fingerprint density at radius 1 is 1.20 bits per heavy atom. The highest BCUT2D eigenvalue weighted by Crippen LogP contribution is 2.38. The molecule has 0 spiro atoms. The molecule has 0 fully saturated rings. The van der Waals surface area contributed by atoms with Crippen molar-refractivity contribution in [1.29, 1.82) is 0 Å². The minimum absolute atomic E-state index is 0.0884. The first-order chi connectivity index (χ1) is 6.86. The highest BCUT2D eigenvalue weighted by atomic mass is 79.9. The molecule has 0 aliphatic rings. The van der Waals surface area contributed by atoms with E-state index in [1.165, 1.54) is 6.07 Å². The quantitative estimate of drug-likeness (QED) is 0.307. The smallest absolute Gasteiger partial charge is 0.179 e. The van der Waals surface area contributed by atoms with Gasteiger partial charge >= 0.3 is 0 Å². The van der Waals surface area contributed by atoms with Crippen molar-refractivity contribution in [3.63, 3.8) is 0 Å². The summed E-state index contributed by atoms with van der Waals surface area (Å²) in [5, 5.41) is 0.654. The van der Waals surface area contributed by atoms with Gasteiger partial charge < -0.3 is 0 Å². The maximum absolute atomic E-state index is 11.7. The third-order valence-electron chi connectivity index (χ3n) is 1.72. The van der Waals surface area contributed by atoms with Gasteiger partial charge in [-0.1, -0.05) is 62.3 Å². The van der Waals surface area contributed by atoms with Crippen molar-refractivity contribution in [1.82, 2.24) is 0 Å².